The Kier molecular flexibility index (Phi) is 6.39. The fraction of sp³-hybridized carbons (Fsp3) is 0.409. The molecule has 3 rings (SSSR count). The van der Waals surface area contributed by atoms with E-state index in [9.17, 15) is 13.2 Å². The summed E-state index contributed by atoms with van der Waals surface area (Å²) in [6.07, 6.45) is 5.05. The number of carbonyl (C=O) groups excluding carboxylic acids is 1. The summed E-state index contributed by atoms with van der Waals surface area (Å²) < 4.78 is 25.8. The van der Waals surface area contributed by atoms with E-state index in [4.69, 9.17) is 0 Å². The van der Waals surface area contributed by atoms with Gasteiger partial charge in [0.25, 0.3) is 0 Å². The molecule has 0 aliphatic heterocycles. The van der Waals surface area contributed by atoms with Crippen molar-refractivity contribution in [1.29, 1.82) is 0 Å². The van der Waals surface area contributed by atoms with Crippen molar-refractivity contribution < 1.29 is 13.2 Å². The van der Waals surface area contributed by atoms with E-state index >= 15 is 0 Å². The maximum absolute atomic E-state index is 12.5. The first-order chi connectivity index (χ1) is 13.3. The molecule has 0 fully saturated rings. The Balaban J connectivity index is 1.58. The number of hydrogen-bond donors (Lipinski definition) is 1. The van der Waals surface area contributed by atoms with Crippen LogP contribution in [0.2, 0.25) is 0 Å². The van der Waals surface area contributed by atoms with E-state index in [1.165, 1.54) is 21.7 Å². The average molecular weight is 401 g/mol. The Bertz CT molecular complexity index is 940. The Morgan fingerprint density at radius 2 is 1.96 bits per heavy atom. The number of anilines is 1. The molecule has 1 N–H and O–H groups in total. The summed E-state index contributed by atoms with van der Waals surface area (Å²) in [6, 6.07) is 15.7. The summed E-state index contributed by atoms with van der Waals surface area (Å²) in [7, 11) is -3.40. The van der Waals surface area contributed by atoms with Gasteiger partial charge in [-0.25, -0.2) is 8.42 Å². The van der Waals surface area contributed by atoms with Crippen LogP contribution in [0.15, 0.2) is 48.5 Å². The number of amides is 1. The molecule has 1 atom stereocenters. The van der Waals surface area contributed by atoms with Gasteiger partial charge in [-0.3, -0.25) is 9.10 Å². The lowest BCUT2D eigenvalue weighted by Gasteiger charge is -2.27. The third-order valence-corrected chi connectivity index (χ3v) is 6.35. The van der Waals surface area contributed by atoms with Gasteiger partial charge in [-0.15, -0.1) is 0 Å². The van der Waals surface area contributed by atoms with Gasteiger partial charge in [0.2, 0.25) is 15.9 Å². The summed E-state index contributed by atoms with van der Waals surface area (Å²) >= 11 is 0. The topological polar surface area (TPSA) is 66.5 Å². The number of nitrogens with one attached hydrogen (secondary N) is 1. The van der Waals surface area contributed by atoms with Crippen molar-refractivity contribution in [2.75, 3.05) is 17.1 Å². The molecule has 1 aliphatic rings. The maximum atomic E-state index is 12.5. The number of fused-ring (bicyclic) bond motifs is 1. The molecule has 0 saturated heterocycles. The fourth-order valence-corrected chi connectivity index (χ4v) is 4.78. The second kappa shape index (κ2) is 8.78. The summed E-state index contributed by atoms with van der Waals surface area (Å²) in [5.74, 6) is -0.0283. The first-order valence-electron chi connectivity index (χ1n) is 9.76. The molecule has 150 valence electrons. The molecule has 0 heterocycles. The highest BCUT2D eigenvalue weighted by Gasteiger charge is 2.22. The number of sulfonamides is 1. The van der Waals surface area contributed by atoms with Gasteiger partial charge in [0.15, 0.2) is 0 Å². The molecule has 0 spiro atoms. The zero-order chi connectivity index (χ0) is 20.1. The zero-order valence-electron chi connectivity index (χ0n) is 16.5. The predicted molar refractivity (Wildman–Crippen MR) is 113 cm³/mol. The Morgan fingerprint density at radius 1 is 1.18 bits per heavy atom. The van der Waals surface area contributed by atoms with Crippen molar-refractivity contribution in [2.24, 2.45) is 0 Å². The molecule has 1 unspecified atom stereocenters. The predicted octanol–water partition coefficient (Wildman–Crippen LogP) is 3.74. The van der Waals surface area contributed by atoms with Gasteiger partial charge in [-0.2, -0.15) is 0 Å². The van der Waals surface area contributed by atoms with Crippen molar-refractivity contribution in [3.05, 3.63) is 65.2 Å². The molecule has 0 aromatic heterocycles. The monoisotopic (exact) mass is 400 g/mol. The fourth-order valence-electron chi connectivity index (χ4n) is 3.82. The van der Waals surface area contributed by atoms with E-state index in [-0.39, 0.29) is 18.5 Å². The number of benzene rings is 2. The van der Waals surface area contributed by atoms with Crippen LogP contribution in [0.25, 0.3) is 0 Å². The van der Waals surface area contributed by atoms with Crippen LogP contribution in [0, 0.1) is 6.92 Å². The van der Waals surface area contributed by atoms with E-state index in [0.29, 0.717) is 18.5 Å². The van der Waals surface area contributed by atoms with Crippen molar-refractivity contribution in [3.63, 3.8) is 0 Å². The van der Waals surface area contributed by atoms with Gasteiger partial charge in [-0.05, 0) is 61.4 Å². The third-order valence-electron chi connectivity index (χ3n) is 5.16. The van der Waals surface area contributed by atoms with Crippen LogP contribution in [0.1, 0.15) is 48.4 Å². The number of aryl methyl sites for hydroxylation is 2. The summed E-state index contributed by atoms with van der Waals surface area (Å²) in [5.41, 5.74) is 4.16. The second-order valence-electron chi connectivity index (χ2n) is 7.49. The van der Waals surface area contributed by atoms with Crippen LogP contribution in [0.3, 0.4) is 0 Å². The van der Waals surface area contributed by atoms with Crippen LogP contribution in [-0.2, 0) is 21.2 Å². The molecule has 0 saturated carbocycles. The minimum Gasteiger partial charge on any atom is -0.349 e. The van der Waals surface area contributed by atoms with Gasteiger partial charge in [0.1, 0.15) is 0 Å². The molecule has 2 aromatic carbocycles. The van der Waals surface area contributed by atoms with Crippen LogP contribution >= 0.6 is 0 Å². The summed E-state index contributed by atoms with van der Waals surface area (Å²) in [4.78, 5) is 12.5. The van der Waals surface area contributed by atoms with Gasteiger partial charge < -0.3 is 5.32 Å². The minimum absolute atomic E-state index is 0.0283. The van der Waals surface area contributed by atoms with Crippen molar-refractivity contribution in [3.8, 4) is 0 Å². The molecular formula is C22H28N2O3S. The quantitative estimate of drug-likeness (QED) is 0.770. The standard InChI is InChI=1S/C22H28N2O3S/c1-17-8-5-11-19(16-17)24(28(2,26)27)15-7-14-22(25)23-21-13-6-10-18-9-3-4-12-20(18)21/h3-5,8-9,11-12,16,21H,6-7,10,13-15H2,1-2H3,(H,23,25). The molecule has 28 heavy (non-hydrogen) atoms. The SMILES string of the molecule is Cc1cccc(N(CCCC(=O)NC2CCCc3ccccc32)S(C)(=O)=O)c1. The molecule has 6 heteroatoms. The van der Waals surface area contributed by atoms with Gasteiger partial charge in [-0.1, -0.05) is 36.4 Å². The van der Waals surface area contributed by atoms with Crippen molar-refractivity contribution in [2.45, 2.75) is 45.1 Å². The first-order valence-corrected chi connectivity index (χ1v) is 11.6. The van der Waals surface area contributed by atoms with E-state index in [0.717, 1.165) is 24.8 Å². The highest BCUT2D eigenvalue weighted by Crippen LogP contribution is 2.29. The molecule has 1 amide bonds. The normalized spacial score (nSPS) is 16.3. The Morgan fingerprint density at radius 3 is 2.71 bits per heavy atom. The van der Waals surface area contributed by atoms with E-state index in [1.807, 2.05) is 37.3 Å². The Labute approximate surface area is 167 Å². The summed E-state index contributed by atoms with van der Waals surface area (Å²) in [6.45, 7) is 2.22. The summed E-state index contributed by atoms with van der Waals surface area (Å²) in [5, 5.41) is 3.13. The second-order valence-corrected chi connectivity index (χ2v) is 9.40. The number of rotatable bonds is 7. The van der Waals surface area contributed by atoms with Gasteiger partial charge >= 0.3 is 0 Å². The molecule has 0 radical (unpaired) electrons. The zero-order valence-corrected chi connectivity index (χ0v) is 17.3. The van der Waals surface area contributed by atoms with E-state index in [2.05, 4.69) is 17.4 Å². The lowest BCUT2D eigenvalue weighted by molar-refractivity contribution is -0.122. The van der Waals surface area contributed by atoms with Crippen LogP contribution < -0.4 is 9.62 Å². The number of carbonyl (C=O) groups is 1. The number of hydrogen-bond acceptors (Lipinski definition) is 3. The van der Waals surface area contributed by atoms with Crippen molar-refractivity contribution >= 4 is 21.6 Å². The molecule has 0 bridgehead atoms. The van der Waals surface area contributed by atoms with Crippen molar-refractivity contribution in [1.82, 2.24) is 5.32 Å². The maximum Gasteiger partial charge on any atom is 0.232 e. The Hall–Kier alpha value is -2.34. The molecule has 2 aromatic rings. The molecule has 5 nitrogen and oxygen atoms in total. The van der Waals surface area contributed by atoms with E-state index < -0.39 is 10.0 Å². The number of nitrogens with zero attached hydrogens (tertiary/aromatic N) is 1. The van der Waals surface area contributed by atoms with E-state index in [1.54, 1.807) is 6.07 Å². The van der Waals surface area contributed by atoms with Crippen LogP contribution in [-0.4, -0.2) is 27.1 Å². The largest absolute Gasteiger partial charge is 0.349 e. The third kappa shape index (κ3) is 5.13. The minimum atomic E-state index is -3.40. The van der Waals surface area contributed by atoms with Gasteiger partial charge in [0, 0.05) is 13.0 Å². The lowest BCUT2D eigenvalue weighted by atomic mass is 9.87. The first kappa shape index (κ1) is 20.4. The molecule has 1 aliphatic carbocycles. The smallest absolute Gasteiger partial charge is 0.232 e. The molecular weight excluding hydrogens is 372 g/mol. The van der Waals surface area contributed by atoms with Crippen LogP contribution in [0.4, 0.5) is 5.69 Å². The average Bonchev–Trinajstić information content (AvgIpc) is 2.64. The highest BCUT2D eigenvalue weighted by molar-refractivity contribution is 7.92. The van der Waals surface area contributed by atoms with Crippen LogP contribution in [0.5, 0.6) is 0 Å². The van der Waals surface area contributed by atoms with Gasteiger partial charge in [0.05, 0.1) is 18.0 Å². The highest BCUT2D eigenvalue weighted by atomic mass is 32.2. The lowest BCUT2D eigenvalue weighted by Crippen LogP contribution is -2.33.